The molecule has 0 N–H and O–H groups in total. The van der Waals surface area contributed by atoms with E-state index in [9.17, 15) is 0 Å². The van der Waals surface area contributed by atoms with Crippen LogP contribution in [-0.2, 0) is 12.0 Å². The second-order valence-corrected chi connectivity index (χ2v) is 7.70. The van der Waals surface area contributed by atoms with Crippen molar-refractivity contribution in [3.05, 3.63) is 78.8 Å². The van der Waals surface area contributed by atoms with E-state index in [1.165, 1.54) is 5.56 Å². The van der Waals surface area contributed by atoms with Crippen molar-refractivity contribution in [3.8, 4) is 17.2 Å². The number of pyridine rings is 1. The minimum Gasteiger partial charge on any atom is -0.287 e. The molecule has 0 aliphatic heterocycles. The van der Waals surface area contributed by atoms with E-state index < -0.39 is 0 Å². The molecule has 1 aliphatic carbocycles. The Bertz CT molecular complexity index is 1440. The Hall–Kier alpha value is -4.05. The quantitative estimate of drug-likeness (QED) is 0.466. The van der Waals surface area contributed by atoms with Crippen molar-refractivity contribution in [2.75, 3.05) is 0 Å². The minimum atomic E-state index is -0.0986. The van der Waals surface area contributed by atoms with Crippen LogP contribution in [0.2, 0.25) is 0 Å². The van der Waals surface area contributed by atoms with Gasteiger partial charge in [-0.1, -0.05) is 24.3 Å². The van der Waals surface area contributed by atoms with Crippen molar-refractivity contribution in [1.29, 1.82) is 5.26 Å². The molecule has 0 amide bonds. The number of rotatable bonds is 4. The van der Waals surface area contributed by atoms with Gasteiger partial charge in [0.1, 0.15) is 6.54 Å². The second kappa shape index (κ2) is 6.22. The molecule has 0 bridgehead atoms. The van der Waals surface area contributed by atoms with Crippen LogP contribution >= 0.6 is 0 Å². The number of fused-ring (bicyclic) bond motifs is 2. The van der Waals surface area contributed by atoms with Crippen LogP contribution in [0.15, 0.2) is 67.5 Å². The predicted molar refractivity (Wildman–Crippen MR) is 112 cm³/mol. The van der Waals surface area contributed by atoms with Gasteiger partial charge >= 0.3 is 0 Å². The molecule has 4 heterocycles. The lowest BCUT2D eigenvalue weighted by Crippen LogP contribution is -2.13. The summed E-state index contributed by atoms with van der Waals surface area (Å²) in [5.74, 6) is 0.678. The molecule has 1 aromatic carbocycles. The normalized spacial score (nSPS) is 14.8. The SMILES string of the molecule is N#CCn1cc(-c2cnc3ncc(C4(c5cccc6cccnc56)CC4)n3c2)cn1. The molecule has 1 fully saturated rings. The zero-order chi connectivity index (χ0) is 20.1. The molecule has 5 aromatic rings. The van der Waals surface area contributed by atoms with Crippen molar-refractivity contribution >= 4 is 16.7 Å². The fraction of sp³-hybridized carbons (Fsp3) is 0.174. The fourth-order valence-electron chi connectivity index (χ4n) is 4.33. The summed E-state index contributed by atoms with van der Waals surface area (Å²) in [6.45, 7) is 0.225. The van der Waals surface area contributed by atoms with Gasteiger partial charge < -0.3 is 0 Å². The Morgan fingerprint density at radius 3 is 2.67 bits per heavy atom. The highest BCUT2D eigenvalue weighted by Gasteiger charge is 2.49. The van der Waals surface area contributed by atoms with E-state index in [-0.39, 0.29) is 12.0 Å². The van der Waals surface area contributed by atoms with Gasteiger partial charge in [0.05, 0.1) is 29.7 Å². The first-order chi connectivity index (χ1) is 14.8. The number of hydrogen-bond donors (Lipinski definition) is 0. The van der Waals surface area contributed by atoms with Gasteiger partial charge in [-0.2, -0.15) is 10.4 Å². The fourth-order valence-corrected chi connectivity index (χ4v) is 4.33. The lowest BCUT2D eigenvalue weighted by molar-refractivity contribution is 0.710. The molecule has 1 saturated carbocycles. The monoisotopic (exact) mass is 391 g/mol. The third kappa shape index (κ3) is 2.44. The summed E-state index contributed by atoms with van der Waals surface area (Å²) >= 11 is 0. The van der Waals surface area contributed by atoms with Gasteiger partial charge in [0.15, 0.2) is 0 Å². The van der Waals surface area contributed by atoms with Crippen LogP contribution in [0.3, 0.4) is 0 Å². The molecule has 7 heteroatoms. The van der Waals surface area contributed by atoms with E-state index in [1.54, 1.807) is 17.1 Å². The van der Waals surface area contributed by atoms with Gasteiger partial charge in [0, 0.05) is 46.7 Å². The molecule has 144 valence electrons. The number of benzene rings is 1. The van der Waals surface area contributed by atoms with Crippen LogP contribution in [0.1, 0.15) is 24.1 Å². The van der Waals surface area contributed by atoms with Gasteiger partial charge in [0.2, 0.25) is 5.78 Å². The molecule has 7 nitrogen and oxygen atoms in total. The summed E-state index contributed by atoms with van der Waals surface area (Å²) in [6, 6.07) is 12.6. The standard InChI is InChI=1S/C23H17N7/c24-8-10-29-14-18(12-28-29)17-11-26-22-27-13-20(30(22)15-17)23(6-7-23)19-5-1-3-16-4-2-9-25-21(16)19/h1-5,9,11-15H,6-7,10H2. The number of hydrogen-bond acceptors (Lipinski definition) is 5. The highest BCUT2D eigenvalue weighted by molar-refractivity contribution is 5.84. The Kier molecular flexibility index (Phi) is 3.50. The van der Waals surface area contributed by atoms with Gasteiger partial charge in [-0.25, -0.2) is 9.97 Å². The van der Waals surface area contributed by atoms with Gasteiger partial charge in [-0.15, -0.1) is 0 Å². The van der Waals surface area contributed by atoms with Crippen molar-refractivity contribution in [2.24, 2.45) is 0 Å². The van der Waals surface area contributed by atoms with E-state index in [2.05, 4.69) is 61.0 Å². The van der Waals surface area contributed by atoms with Crippen molar-refractivity contribution in [2.45, 2.75) is 24.8 Å². The molecule has 0 spiro atoms. The first kappa shape index (κ1) is 16.9. The zero-order valence-corrected chi connectivity index (χ0v) is 16.1. The van der Waals surface area contributed by atoms with Crippen molar-refractivity contribution < 1.29 is 0 Å². The maximum Gasteiger partial charge on any atom is 0.233 e. The van der Waals surface area contributed by atoms with Gasteiger partial charge in [-0.05, 0) is 24.5 Å². The van der Waals surface area contributed by atoms with E-state index in [1.807, 2.05) is 24.7 Å². The Labute approximate surface area is 172 Å². The predicted octanol–water partition coefficient (Wildman–Crippen LogP) is 3.74. The molecule has 0 unspecified atom stereocenters. The molecule has 4 aromatic heterocycles. The zero-order valence-electron chi connectivity index (χ0n) is 16.1. The van der Waals surface area contributed by atoms with E-state index in [0.717, 1.165) is 40.6 Å². The average Bonchev–Trinajstić information content (AvgIpc) is 3.24. The molecule has 0 radical (unpaired) electrons. The maximum absolute atomic E-state index is 8.89. The Morgan fingerprint density at radius 1 is 0.967 bits per heavy atom. The highest BCUT2D eigenvalue weighted by Crippen LogP contribution is 2.54. The first-order valence-electron chi connectivity index (χ1n) is 9.86. The number of nitriles is 1. The summed E-state index contributed by atoms with van der Waals surface area (Å²) in [7, 11) is 0. The third-order valence-electron chi connectivity index (χ3n) is 5.95. The summed E-state index contributed by atoms with van der Waals surface area (Å²) in [4.78, 5) is 13.8. The molecular formula is C23H17N7. The van der Waals surface area contributed by atoms with Crippen LogP contribution < -0.4 is 0 Å². The molecule has 30 heavy (non-hydrogen) atoms. The van der Waals surface area contributed by atoms with E-state index in [0.29, 0.717) is 5.78 Å². The van der Waals surface area contributed by atoms with Crippen LogP contribution in [0.4, 0.5) is 0 Å². The van der Waals surface area contributed by atoms with Crippen LogP contribution in [0, 0.1) is 11.3 Å². The molecule has 0 atom stereocenters. The van der Waals surface area contributed by atoms with Crippen LogP contribution in [0.5, 0.6) is 0 Å². The number of para-hydroxylation sites is 1. The maximum atomic E-state index is 8.89. The lowest BCUT2D eigenvalue weighted by atomic mass is 9.90. The Balaban J connectivity index is 1.50. The smallest absolute Gasteiger partial charge is 0.233 e. The largest absolute Gasteiger partial charge is 0.287 e. The minimum absolute atomic E-state index is 0.0986. The third-order valence-corrected chi connectivity index (χ3v) is 5.95. The Morgan fingerprint density at radius 2 is 1.80 bits per heavy atom. The molecule has 1 aliphatic rings. The second-order valence-electron chi connectivity index (χ2n) is 7.70. The number of aromatic nitrogens is 6. The topological polar surface area (TPSA) is 84.7 Å². The van der Waals surface area contributed by atoms with Crippen LogP contribution in [0.25, 0.3) is 27.8 Å². The summed E-state index contributed by atoms with van der Waals surface area (Å²) in [5.41, 5.74) is 5.20. The average molecular weight is 391 g/mol. The molecular weight excluding hydrogens is 374 g/mol. The van der Waals surface area contributed by atoms with Gasteiger partial charge in [-0.3, -0.25) is 14.1 Å². The first-order valence-corrected chi connectivity index (χ1v) is 9.86. The molecule has 0 saturated heterocycles. The van der Waals surface area contributed by atoms with Gasteiger partial charge in [0.25, 0.3) is 0 Å². The number of imidazole rings is 1. The number of nitrogens with zero attached hydrogens (tertiary/aromatic N) is 7. The van der Waals surface area contributed by atoms with Crippen molar-refractivity contribution in [1.82, 2.24) is 29.1 Å². The van der Waals surface area contributed by atoms with E-state index >= 15 is 0 Å². The highest BCUT2D eigenvalue weighted by atomic mass is 15.3. The molecule has 6 rings (SSSR count). The van der Waals surface area contributed by atoms with Crippen LogP contribution in [-0.4, -0.2) is 29.1 Å². The summed E-state index contributed by atoms with van der Waals surface area (Å²) in [5, 5.41) is 14.3. The lowest BCUT2D eigenvalue weighted by Gasteiger charge is -2.17. The summed E-state index contributed by atoms with van der Waals surface area (Å²) < 4.78 is 3.71. The van der Waals surface area contributed by atoms with E-state index in [4.69, 9.17) is 5.26 Å². The van der Waals surface area contributed by atoms with Crippen molar-refractivity contribution in [3.63, 3.8) is 0 Å². The summed E-state index contributed by atoms with van der Waals surface area (Å²) in [6.07, 6.45) is 13.4.